The second kappa shape index (κ2) is 10.3. The molecular weight excluding hydrogens is 390 g/mol. The summed E-state index contributed by atoms with van der Waals surface area (Å²) >= 11 is 0. The molecule has 2 heterocycles. The number of hydrogen-bond donors (Lipinski definition) is 2. The molecule has 1 amide bonds. The van der Waals surface area contributed by atoms with Gasteiger partial charge in [-0.15, -0.1) is 0 Å². The van der Waals surface area contributed by atoms with E-state index < -0.39 is 0 Å². The van der Waals surface area contributed by atoms with Gasteiger partial charge in [0.15, 0.2) is 5.96 Å². The van der Waals surface area contributed by atoms with Crippen LogP contribution in [0.5, 0.6) is 5.88 Å². The third kappa shape index (κ3) is 6.20. The summed E-state index contributed by atoms with van der Waals surface area (Å²) in [6, 6.07) is 12.1. The fourth-order valence-corrected chi connectivity index (χ4v) is 3.49. The Kier molecular flexibility index (Phi) is 7.02. The highest BCUT2D eigenvalue weighted by Crippen LogP contribution is 2.29. The zero-order chi connectivity index (χ0) is 21.5. The van der Waals surface area contributed by atoms with Crippen LogP contribution in [0.15, 0.2) is 47.6 Å². The van der Waals surface area contributed by atoms with Gasteiger partial charge in [0, 0.05) is 44.0 Å². The Labute approximate surface area is 183 Å². The second-order valence-electron chi connectivity index (χ2n) is 8.12. The lowest BCUT2D eigenvalue weighted by Gasteiger charge is -2.16. The van der Waals surface area contributed by atoms with Crippen molar-refractivity contribution in [2.75, 3.05) is 24.6 Å². The van der Waals surface area contributed by atoms with E-state index in [1.54, 1.807) is 0 Å². The number of carbonyl (C=O) groups is 1. The van der Waals surface area contributed by atoms with Crippen molar-refractivity contribution in [2.24, 2.45) is 10.9 Å². The predicted molar refractivity (Wildman–Crippen MR) is 122 cm³/mol. The first-order valence-corrected chi connectivity index (χ1v) is 11.2. The summed E-state index contributed by atoms with van der Waals surface area (Å²) in [6.07, 6.45) is 5.96. The van der Waals surface area contributed by atoms with Crippen molar-refractivity contribution in [3.63, 3.8) is 0 Å². The Balaban J connectivity index is 1.28. The van der Waals surface area contributed by atoms with Gasteiger partial charge in [0.25, 0.3) is 0 Å². The van der Waals surface area contributed by atoms with Gasteiger partial charge in [0.2, 0.25) is 11.8 Å². The summed E-state index contributed by atoms with van der Waals surface area (Å²) in [5.74, 6) is 2.38. The number of rotatable bonds is 9. The van der Waals surface area contributed by atoms with E-state index in [1.165, 1.54) is 12.8 Å². The topological polar surface area (TPSA) is 78.9 Å². The lowest BCUT2D eigenvalue weighted by Crippen LogP contribution is -2.36. The van der Waals surface area contributed by atoms with Gasteiger partial charge in [-0.25, -0.2) is 9.98 Å². The predicted octanol–water partition coefficient (Wildman–Crippen LogP) is 3.25. The van der Waals surface area contributed by atoms with Crippen LogP contribution in [0.1, 0.15) is 43.7 Å². The van der Waals surface area contributed by atoms with E-state index in [9.17, 15) is 4.79 Å². The van der Waals surface area contributed by atoms with Crippen LogP contribution in [0.25, 0.3) is 0 Å². The third-order valence-corrected chi connectivity index (χ3v) is 5.51. The Morgan fingerprint density at radius 1 is 1.16 bits per heavy atom. The number of pyridine rings is 1. The molecule has 2 N–H and O–H groups in total. The summed E-state index contributed by atoms with van der Waals surface area (Å²) in [5, 5.41) is 6.65. The first-order chi connectivity index (χ1) is 15.2. The number of guanidine groups is 1. The molecule has 164 valence electrons. The fraction of sp³-hybridized carbons (Fsp3) is 0.458. The Morgan fingerprint density at radius 2 is 1.97 bits per heavy atom. The quantitative estimate of drug-likeness (QED) is 0.480. The molecule has 1 aliphatic carbocycles. The Morgan fingerprint density at radius 3 is 2.61 bits per heavy atom. The van der Waals surface area contributed by atoms with Crippen LogP contribution in [0.3, 0.4) is 0 Å². The first-order valence-electron chi connectivity index (χ1n) is 11.2. The van der Waals surface area contributed by atoms with Gasteiger partial charge in [0.05, 0.1) is 13.2 Å². The van der Waals surface area contributed by atoms with Crippen LogP contribution in [-0.2, 0) is 17.9 Å². The van der Waals surface area contributed by atoms with E-state index in [2.05, 4.69) is 32.7 Å². The van der Waals surface area contributed by atoms with Crippen LogP contribution < -0.4 is 20.3 Å². The number of hydrogen-bond acceptors (Lipinski definition) is 4. The molecule has 2 fully saturated rings. The molecule has 0 unspecified atom stereocenters. The molecule has 0 atom stereocenters. The van der Waals surface area contributed by atoms with Gasteiger partial charge in [0.1, 0.15) is 0 Å². The normalized spacial score (nSPS) is 16.5. The summed E-state index contributed by atoms with van der Waals surface area (Å²) in [7, 11) is 0. The standard InChI is InChI=1S/C24H31N5O2/c1-2-25-24(28-16-20-9-12-22(26-15-20)31-17-19-5-6-19)27-14-18-7-10-21(11-8-18)29-13-3-4-23(29)30/h7-12,15,19H,2-6,13-14,16-17H2,1H3,(H2,25,27,28). The van der Waals surface area contributed by atoms with Gasteiger partial charge >= 0.3 is 0 Å². The highest BCUT2D eigenvalue weighted by Gasteiger charge is 2.22. The summed E-state index contributed by atoms with van der Waals surface area (Å²) in [4.78, 5) is 22.8. The monoisotopic (exact) mass is 421 g/mol. The van der Waals surface area contributed by atoms with Crippen LogP contribution >= 0.6 is 0 Å². The average Bonchev–Trinajstić information content (AvgIpc) is 3.54. The lowest BCUT2D eigenvalue weighted by molar-refractivity contribution is -0.117. The second-order valence-corrected chi connectivity index (χ2v) is 8.12. The van der Waals surface area contributed by atoms with E-state index in [0.29, 0.717) is 25.4 Å². The zero-order valence-corrected chi connectivity index (χ0v) is 18.1. The number of carbonyl (C=O) groups excluding carboxylic acids is 1. The summed E-state index contributed by atoms with van der Waals surface area (Å²) in [6.45, 7) is 5.62. The van der Waals surface area contributed by atoms with Crippen molar-refractivity contribution >= 4 is 17.6 Å². The maximum absolute atomic E-state index is 11.9. The molecule has 0 bridgehead atoms. The molecule has 1 saturated carbocycles. The van der Waals surface area contributed by atoms with E-state index in [4.69, 9.17) is 4.74 Å². The molecular formula is C24H31N5O2. The van der Waals surface area contributed by atoms with Gasteiger partial charge < -0.3 is 20.3 Å². The van der Waals surface area contributed by atoms with E-state index in [0.717, 1.165) is 54.8 Å². The van der Waals surface area contributed by atoms with Crippen molar-refractivity contribution < 1.29 is 9.53 Å². The number of ether oxygens (including phenoxy) is 1. The van der Waals surface area contributed by atoms with Crippen molar-refractivity contribution in [1.82, 2.24) is 15.6 Å². The minimum Gasteiger partial charge on any atom is -0.477 e. The van der Waals surface area contributed by atoms with Crippen molar-refractivity contribution in [1.29, 1.82) is 0 Å². The van der Waals surface area contributed by atoms with E-state index in [1.807, 2.05) is 42.3 Å². The molecule has 7 heteroatoms. The maximum atomic E-state index is 11.9. The lowest BCUT2D eigenvalue weighted by atomic mass is 10.2. The number of aliphatic imine (C=N–C) groups is 1. The largest absolute Gasteiger partial charge is 0.477 e. The van der Waals surface area contributed by atoms with Crippen LogP contribution in [0.2, 0.25) is 0 Å². The molecule has 1 aromatic heterocycles. The smallest absolute Gasteiger partial charge is 0.227 e. The summed E-state index contributed by atoms with van der Waals surface area (Å²) < 4.78 is 5.69. The van der Waals surface area contributed by atoms with E-state index >= 15 is 0 Å². The molecule has 4 rings (SSSR count). The van der Waals surface area contributed by atoms with Crippen LogP contribution in [-0.4, -0.2) is 36.5 Å². The molecule has 0 spiro atoms. The van der Waals surface area contributed by atoms with Crippen LogP contribution in [0.4, 0.5) is 5.69 Å². The Bertz CT molecular complexity index is 891. The fourth-order valence-electron chi connectivity index (χ4n) is 3.49. The number of anilines is 1. The summed E-state index contributed by atoms with van der Waals surface area (Å²) in [5.41, 5.74) is 3.15. The number of benzene rings is 1. The van der Waals surface area contributed by atoms with E-state index in [-0.39, 0.29) is 5.91 Å². The SMILES string of the molecule is CCNC(=NCc1ccc(OCC2CC2)nc1)NCc1ccc(N2CCCC2=O)cc1. The molecule has 0 radical (unpaired) electrons. The average molecular weight is 422 g/mol. The van der Waals surface area contributed by atoms with Gasteiger partial charge in [-0.1, -0.05) is 18.2 Å². The zero-order valence-electron chi connectivity index (χ0n) is 18.1. The molecule has 2 aromatic rings. The van der Waals surface area contributed by atoms with Gasteiger partial charge in [-0.3, -0.25) is 4.79 Å². The minimum atomic E-state index is 0.212. The molecule has 2 aliphatic rings. The van der Waals surface area contributed by atoms with Crippen molar-refractivity contribution in [3.8, 4) is 5.88 Å². The minimum absolute atomic E-state index is 0.212. The highest BCUT2D eigenvalue weighted by atomic mass is 16.5. The molecule has 31 heavy (non-hydrogen) atoms. The maximum Gasteiger partial charge on any atom is 0.227 e. The van der Waals surface area contributed by atoms with Crippen molar-refractivity contribution in [2.45, 2.75) is 45.7 Å². The van der Waals surface area contributed by atoms with Gasteiger partial charge in [-0.05, 0) is 55.4 Å². The number of nitrogens with zero attached hydrogens (tertiary/aromatic N) is 3. The highest BCUT2D eigenvalue weighted by molar-refractivity contribution is 5.95. The first kappa shape index (κ1) is 21.2. The third-order valence-electron chi connectivity index (χ3n) is 5.51. The van der Waals surface area contributed by atoms with Gasteiger partial charge in [-0.2, -0.15) is 0 Å². The number of aromatic nitrogens is 1. The number of nitrogens with one attached hydrogen (secondary N) is 2. The molecule has 1 aliphatic heterocycles. The molecule has 7 nitrogen and oxygen atoms in total. The van der Waals surface area contributed by atoms with Crippen molar-refractivity contribution in [3.05, 3.63) is 53.7 Å². The molecule has 1 aromatic carbocycles. The Hall–Kier alpha value is -3.09. The molecule has 1 saturated heterocycles. The number of amides is 1. The van der Waals surface area contributed by atoms with Crippen LogP contribution in [0, 0.1) is 5.92 Å².